The molecule has 0 aliphatic carbocycles. The number of rotatable bonds is 2. The van der Waals surface area contributed by atoms with Crippen molar-refractivity contribution in [1.29, 1.82) is 0 Å². The standard InChI is InChI=1S/C11H13N3O3/c15-10(8-7-12-4-5-13-8)14-6-2-1-3-9(14)11(16)17/h4-5,7,9H,1-3,6H2,(H,16,17). The van der Waals surface area contributed by atoms with Crippen LogP contribution in [0, 0.1) is 0 Å². The minimum atomic E-state index is -0.957. The van der Waals surface area contributed by atoms with Crippen LogP contribution in [-0.2, 0) is 4.79 Å². The lowest BCUT2D eigenvalue weighted by Crippen LogP contribution is -2.48. The number of nitrogens with zero attached hydrogens (tertiary/aromatic N) is 3. The van der Waals surface area contributed by atoms with Gasteiger partial charge in [0, 0.05) is 18.9 Å². The Balaban J connectivity index is 2.20. The number of carbonyl (C=O) groups is 2. The van der Waals surface area contributed by atoms with Crippen LogP contribution in [0.25, 0.3) is 0 Å². The minimum Gasteiger partial charge on any atom is -0.480 e. The lowest BCUT2D eigenvalue weighted by Gasteiger charge is -2.32. The number of carboxylic acids is 1. The Kier molecular flexibility index (Phi) is 3.32. The second kappa shape index (κ2) is 4.90. The van der Waals surface area contributed by atoms with Crippen molar-refractivity contribution in [2.24, 2.45) is 0 Å². The van der Waals surface area contributed by atoms with Crippen molar-refractivity contribution in [3.63, 3.8) is 0 Å². The topological polar surface area (TPSA) is 83.4 Å². The van der Waals surface area contributed by atoms with E-state index >= 15 is 0 Å². The predicted octanol–water partition coefficient (Wildman–Crippen LogP) is 0.556. The van der Waals surface area contributed by atoms with Crippen LogP contribution in [0.3, 0.4) is 0 Å². The van der Waals surface area contributed by atoms with Crippen LogP contribution in [0.2, 0.25) is 0 Å². The number of hydrogen-bond donors (Lipinski definition) is 1. The Morgan fingerprint density at radius 1 is 1.35 bits per heavy atom. The highest BCUT2D eigenvalue weighted by Gasteiger charge is 2.32. The average Bonchev–Trinajstić information content (AvgIpc) is 2.39. The van der Waals surface area contributed by atoms with Gasteiger partial charge in [0.2, 0.25) is 0 Å². The third-order valence-electron chi connectivity index (χ3n) is 2.83. The fourth-order valence-electron chi connectivity index (χ4n) is 1.99. The van der Waals surface area contributed by atoms with Gasteiger partial charge < -0.3 is 10.0 Å². The van der Waals surface area contributed by atoms with Crippen LogP contribution in [-0.4, -0.2) is 44.4 Å². The van der Waals surface area contributed by atoms with E-state index in [0.717, 1.165) is 12.8 Å². The first-order valence-corrected chi connectivity index (χ1v) is 5.50. The van der Waals surface area contributed by atoms with E-state index in [0.29, 0.717) is 13.0 Å². The lowest BCUT2D eigenvalue weighted by molar-refractivity contribution is -0.143. The lowest BCUT2D eigenvalue weighted by atomic mass is 10.0. The molecule has 1 aliphatic rings. The zero-order valence-corrected chi connectivity index (χ0v) is 9.24. The first-order chi connectivity index (χ1) is 8.20. The van der Waals surface area contributed by atoms with E-state index in [1.807, 2.05) is 0 Å². The van der Waals surface area contributed by atoms with Gasteiger partial charge in [0.25, 0.3) is 5.91 Å². The van der Waals surface area contributed by atoms with Crippen molar-refractivity contribution in [3.8, 4) is 0 Å². The molecule has 0 saturated carbocycles. The normalized spacial score (nSPS) is 20.0. The Morgan fingerprint density at radius 3 is 2.82 bits per heavy atom. The molecule has 0 spiro atoms. The number of amides is 1. The SMILES string of the molecule is O=C(O)C1CCCCN1C(=O)c1cnccn1. The summed E-state index contributed by atoms with van der Waals surface area (Å²) in [5, 5.41) is 9.07. The molecule has 6 heteroatoms. The molecule has 1 atom stereocenters. The summed E-state index contributed by atoms with van der Waals surface area (Å²) in [4.78, 5) is 32.2. The van der Waals surface area contributed by atoms with Gasteiger partial charge in [-0.15, -0.1) is 0 Å². The molecule has 0 bridgehead atoms. The predicted molar refractivity (Wildman–Crippen MR) is 58.3 cm³/mol. The second-order valence-corrected chi connectivity index (χ2v) is 3.94. The summed E-state index contributed by atoms with van der Waals surface area (Å²) in [6.07, 6.45) is 6.42. The zero-order valence-electron chi connectivity index (χ0n) is 9.24. The molecule has 2 heterocycles. The quantitative estimate of drug-likeness (QED) is 0.809. The molecule has 1 fully saturated rings. The molecule has 1 unspecified atom stereocenters. The molecule has 0 radical (unpaired) electrons. The van der Waals surface area contributed by atoms with E-state index < -0.39 is 12.0 Å². The number of carboxylic acid groups (broad SMARTS) is 1. The summed E-state index contributed by atoms with van der Waals surface area (Å²) in [6, 6.07) is -0.738. The summed E-state index contributed by atoms with van der Waals surface area (Å²) >= 11 is 0. The molecule has 1 aliphatic heterocycles. The molecule has 1 aromatic heterocycles. The highest BCUT2D eigenvalue weighted by Crippen LogP contribution is 2.19. The van der Waals surface area contributed by atoms with E-state index in [1.54, 1.807) is 0 Å². The summed E-state index contributed by atoms with van der Waals surface area (Å²) in [6.45, 7) is 0.465. The fraction of sp³-hybridized carbons (Fsp3) is 0.455. The third-order valence-corrected chi connectivity index (χ3v) is 2.83. The zero-order chi connectivity index (χ0) is 12.3. The van der Waals surface area contributed by atoms with Crippen molar-refractivity contribution >= 4 is 11.9 Å². The van der Waals surface area contributed by atoms with Gasteiger partial charge in [-0.2, -0.15) is 0 Å². The smallest absolute Gasteiger partial charge is 0.326 e. The summed E-state index contributed by atoms with van der Waals surface area (Å²) in [7, 11) is 0. The molecule has 1 N–H and O–H groups in total. The van der Waals surface area contributed by atoms with Crippen LogP contribution in [0.4, 0.5) is 0 Å². The van der Waals surface area contributed by atoms with Crippen LogP contribution in [0.1, 0.15) is 29.8 Å². The first kappa shape index (κ1) is 11.5. The maximum absolute atomic E-state index is 12.1. The van der Waals surface area contributed by atoms with E-state index in [9.17, 15) is 9.59 Å². The van der Waals surface area contributed by atoms with Crippen molar-refractivity contribution in [2.75, 3.05) is 6.54 Å². The molecule has 2 rings (SSSR count). The highest BCUT2D eigenvalue weighted by molar-refractivity contribution is 5.94. The molecule has 6 nitrogen and oxygen atoms in total. The van der Waals surface area contributed by atoms with Crippen LogP contribution in [0.5, 0.6) is 0 Å². The monoisotopic (exact) mass is 235 g/mol. The molecule has 17 heavy (non-hydrogen) atoms. The van der Waals surface area contributed by atoms with Crippen molar-refractivity contribution in [2.45, 2.75) is 25.3 Å². The van der Waals surface area contributed by atoms with Crippen molar-refractivity contribution < 1.29 is 14.7 Å². The molecular formula is C11H13N3O3. The summed E-state index contributed by atoms with van der Waals surface area (Å²) < 4.78 is 0. The maximum atomic E-state index is 12.1. The van der Waals surface area contributed by atoms with Gasteiger partial charge in [-0.3, -0.25) is 9.78 Å². The number of carbonyl (C=O) groups excluding carboxylic acids is 1. The Morgan fingerprint density at radius 2 is 2.18 bits per heavy atom. The van der Waals surface area contributed by atoms with E-state index in [1.165, 1.54) is 23.5 Å². The van der Waals surface area contributed by atoms with Gasteiger partial charge in [0.05, 0.1) is 6.20 Å². The van der Waals surface area contributed by atoms with Gasteiger partial charge in [-0.05, 0) is 19.3 Å². The van der Waals surface area contributed by atoms with E-state index in [4.69, 9.17) is 5.11 Å². The minimum absolute atomic E-state index is 0.195. The third kappa shape index (κ3) is 2.41. The molecule has 0 aromatic carbocycles. The largest absolute Gasteiger partial charge is 0.480 e. The number of piperidine rings is 1. The van der Waals surface area contributed by atoms with Gasteiger partial charge in [0.15, 0.2) is 0 Å². The molecule has 1 amide bonds. The number of aromatic nitrogens is 2. The van der Waals surface area contributed by atoms with Crippen LogP contribution < -0.4 is 0 Å². The Bertz CT molecular complexity index is 421. The van der Waals surface area contributed by atoms with Crippen LogP contribution in [0.15, 0.2) is 18.6 Å². The maximum Gasteiger partial charge on any atom is 0.326 e. The first-order valence-electron chi connectivity index (χ1n) is 5.50. The van der Waals surface area contributed by atoms with Gasteiger partial charge in [0.1, 0.15) is 11.7 Å². The summed E-state index contributed by atoms with van der Waals surface area (Å²) in [5.41, 5.74) is 0.195. The fourth-order valence-corrected chi connectivity index (χ4v) is 1.99. The van der Waals surface area contributed by atoms with E-state index in [-0.39, 0.29) is 11.6 Å². The van der Waals surface area contributed by atoms with E-state index in [2.05, 4.69) is 9.97 Å². The van der Waals surface area contributed by atoms with Gasteiger partial charge in [-0.1, -0.05) is 0 Å². The molecule has 1 aromatic rings. The highest BCUT2D eigenvalue weighted by atomic mass is 16.4. The van der Waals surface area contributed by atoms with Gasteiger partial charge >= 0.3 is 5.97 Å². The number of hydrogen-bond acceptors (Lipinski definition) is 4. The Hall–Kier alpha value is -1.98. The molecule has 1 saturated heterocycles. The number of aliphatic carboxylic acids is 1. The molecule has 90 valence electrons. The van der Waals surface area contributed by atoms with Crippen molar-refractivity contribution in [3.05, 3.63) is 24.3 Å². The molecular weight excluding hydrogens is 222 g/mol. The van der Waals surface area contributed by atoms with Crippen LogP contribution >= 0.6 is 0 Å². The second-order valence-electron chi connectivity index (χ2n) is 3.94. The van der Waals surface area contributed by atoms with Gasteiger partial charge in [-0.25, -0.2) is 9.78 Å². The average molecular weight is 235 g/mol. The van der Waals surface area contributed by atoms with Crippen molar-refractivity contribution in [1.82, 2.24) is 14.9 Å². The Labute approximate surface area is 98.3 Å². The summed E-state index contributed by atoms with van der Waals surface area (Å²) in [5.74, 6) is -1.31. The number of likely N-dealkylation sites (tertiary alicyclic amines) is 1.